The van der Waals surface area contributed by atoms with E-state index in [1.165, 1.54) is 12.8 Å². The van der Waals surface area contributed by atoms with Crippen LogP contribution in [0.2, 0.25) is 0 Å². The highest BCUT2D eigenvalue weighted by atomic mass is 16.6. The minimum absolute atomic E-state index is 0.319. The number of carbonyl (C=O) groups excluding carboxylic acids is 1. The zero-order valence-electron chi connectivity index (χ0n) is 11.5. The standard InChI is InChI=1S/C13H26N2O2/c1-10-6-5-8-14-11(10)7-9-15-12(16)17-13(2,3)4/h10-11,14H,5-9H2,1-4H3,(H,15,16)/t10-,11+/m0/s1. The van der Waals surface area contributed by atoms with Crippen LogP contribution in [0.5, 0.6) is 0 Å². The molecule has 1 aliphatic rings. The zero-order valence-corrected chi connectivity index (χ0v) is 11.5. The quantitative estimate of drug-likeness (QED) is 0.798. The highest BCUT2D eigenvalue weighted by Crippen LogP contribution is 2.17. The molecule has 17 heavy (non-hydrogen) atoms. The third-order valence-corrected chi connectivity index (χ3v) is 3.05. The molecule has 1 rings (SSSR count). The Hall–Kier alpha value is -0.770. The predicted octanol–water partition coefficient (Wildman–Crippen LogP) is 2.29. The smallest absolute Gasteiger partial charge is 0.407 e. The molecule has 0 spiro atoms. The van der Waals surface area contributed by atoms with Crippen LogP contribution in [0.1, 0.15) is 47.0 Å². The molecule has 1 saturated heterocycles. The van der Waals surface area contributed by atoms with Crippen molar-refractivity contribution in [1.82, 2.24) is 10.6 Å². The molecule has 0 aliphatic carbocycles. The first-order valence-electron chi connectivity index (χ1n) is 6.59. The first-order valence-corrected chi connectivity index (χ1v) is 6.59. The van der Waals surface area contributed by atoms with Gasteiger partial charge in [0.25, 0.3) is 0 Å². The summed E-state index contributed by atoms with van der Waals surface area (Å²) in [5, 5.41) is 6.30. The number of alkyl carbamates (subject to hydrolysis) is 1. The molecule has 2 atom stereocenters. The van der Waals surface area contributed by atoms with E-state index >= 15 is 0 Å². The van der Waals surface area contributed by atoms with E-state index in [2.05, 4.69) is 17.6 Å². The normalized spacial score (nSPS) is 25.4. The van der Waals surface area contributed by atoms with Gasteiger partial charge in [0.1, 0.15) is 5.60 Å². The van der Waals surface area contributed by atoms with E-state index in [4.69, 9.17) is 4.74 Å². The lowest BCUT2D eigenvalue weighted by Crippen LogP contribution is -2.43. The molecular weight excluding hydrogens is 216 g/mol. The SMILES string of the molecule is C[C@H]1CCCN[C@@H]1CCNC(=O)OC(C)(C)C. The summed E-state index contributed by atoms with van der Waals surface area (Å²) in [5.74, 6) is 0.698. The van der Waals surface area contributed by atoms with Gasteiger partial charge in [-0.2, -0.15) is 0 Å². The van der Waals surface area contributed by atoms with Gasteiger partial charge in [0.05, 0.1) is 0 Å². The average molecular weight is 242 g/mol. The summed E-state index contributed by atoms with van der Waals surface area (Å²) < 4.78 is 5.18. The number of ether oxygens (including phenoxy) is 1. The Balaban J connectivity index is 2.16. The summed E-state index contributed by atoms with van der Waals surface area (Å²) >= 11 is 0. The summed E-state index contributed by atoms with van der Waals surface area (Å²) in [6, 6.07) is 0.527. The van der Waals surface area contributed by atoms with Crippen LogP contribution in [-0.4, -0.2) is 30.8 Å². The fourth-order valence-corrected chi connectivity index (χ4v) is 2.14. The lowest BCUT2D eigenvalue weighted by Gasteiger charge is -2.30. The van der Waals surface area contributed by atoms with Gasteiger partial charge in [-0.15, -0.1) is 0 Å². The molecule has 100 valence electrons. The van der Waals surface area contributed by atoms with Crippen LogP contribution >= 0.6 is 0 Å². The number of hydrogen-bond donors (Lipinski definition) is 2. The van der Waals surface area contributed by atoms with Crippen molar-refractivity contribution in [2.75, 3.05) is 13.1 Å². The monoisotopic (exact) mass is 242 g/mol. The zero-order chi connectivity index (χ0) is 12.9. The van der Waals surface area contributed by atoms with Gasteiger partial charge in [0.15, 0.2) is 0 Å². The number of hydrogen-bond acceptors (Lipinski definition) is 3. The third-order valence-electron chi connectivity index (χ3n) is 3.05. The second kappa shape index (κ2) is 6.24. The molecule has 0 unspecified atom stereocenters. The highest BCUT2D eigenvalue weighted by Gasteiger charge is 2.21. The predicted molar refractivity (Wildman–Crippen MR) is 69.0 cm³/mol. The number of nitrogens with one attached hydrogen (secondary N) is 2. The summed E-state index contributed by atoms with van der Waals surface area (Å²) in [7, 11) is 0. The van der Waals surface area contributed by atoms with Gasteiger partial charge < -0.3 is 15.4 Å². The van der Waals surface area contributed by atoms with E-state index in [0.29, 0.717) is 18.5 Å². The van der Waals surface area contributed by atoms with Crippen molar-refractivity contribution < 1.29 is 9.53 Å². The Morgan fingerprint density at radius 1 is 1.47 bits per heavy atom. The Kier molecular flexibility index (Phi) is 5.25. The molecular formula is C13H26N2O2. The van der Waals surface area contributed by atoms with Crippen LogP contribution in [0, 0.1) is 5.92 Å². The van der Waals surface area contributed by atoms with E-state index in [1.54, 1.807) is 0 Å². The fourth-order valence-electron chi connectivity index (χ4n) is 2.14. The largest absolute Gasteiger partial charge is 0.444 e. The lowest BCUT2D eigenvalue weighted by molar-refractivity contribution is 0.0524. The van der Waals surface area contributed by atoms with Crippen LogP contribution in [0.3, 0.4) is 0 Å². The molecule has 1 amide bonds. The second-order valence-corrected chi connectivity index (χ2v) is 5.90. The van der Waals surface area contributed by atoms with Crippen LogP contribution in [0.25, 0.3) is 0 Å². The van der Waals surface area contributed by atoms with Crippen molar-refractivity contribution >= 4 is 6.09 Å². The van der Waals surface area contributed by atoms with Gasteiger partial charge in [-0.3, -0.25) is 0 Å². The van der Waals surface area contributed by atoms with Crippen LogP contribution < -0.4 is 10.6 Å². The molecule has 4 nitrogen and oxygen atoms in total. The second-order valence-electron chi connectivity index (χ2n) is 5.90. The minimum Gasteiger partial charge on any atom is -0.444 e. The lowest BCUT2D eigenvalue weighted by atomic mass is 9.91. The van der Waals surface area contributed by atoms with E-state index in [1.807, 2.05) is 20.8 Å². The summed E-state index contributed by atoms with van der Waals surface area (Å²) in [6.45, 7) is 9.66. The molecule has 1 fully saturated rings. The van der Waals surface area contributed by atoms with Crippen LogP contribution in [0.4, 0.5) is 4.79 Å². The molecule has 0 saturated carbocycles. The molecule has 0 radical (unpaired) electrons. The first kappa shape index (κ1) is 14.3. The molecule has 1 heterocycles. The molecule has 0 aromatic carbocycles. The summed E-state index contributed by atoms with van der Waals surface area (Å²) in [5.41, 5.74) is -0.416. The van der Waals surface area contributed by atoms with Gasteiger partial charge in [-0.05, 0) is 52.5 Å². The number of rotatable bonds is 3. The van der Waals surface area contributed by atoms with E-state index in [9.17, 15) is 4.79 Å². The maximum Gasteiger partial charge on any atom is 0.407 e. The Morgan fingerprint density at radius 2 is 2.18 bits per heavy atom. The molecule has 0 aromatic rings. The fraction of sp³-hybridized carbons (Fsp3) is 0.923. The maximum atomic E-state index is 11.4. The molecule has 1 aliphatic heterocycles. The third kappa shape index (κ3) is 5.91. The molecule has 2 N–H and O–H groups in total. The highest BCUT2D eigenvalue weighted by molar-refractivity contribution is 5.67. The van der Waals surface area contributed by atoms with Gasteiger partial charge in [0.2, 0.25) is 0 Å². The van der Waals surface area contributed by atoms with Gasteiger partial charge >= 0.3 is 6.09 Å². The average Bonchev–Trinajstić information content (AvgIpc) is 2.18. The summed E-state index contributed by atoms with van der Waals surface area (Å²) in [4.78, 5) is 11.4. The van der Waals surface area contributed by atoms with Gasteiger partial charge in [-0.1, -0.05) is 6.92 Å². The van der Waals surface area contributed by atoms with Crippen LogP contribution in [-0.2, 0) is 4.74 Å². The number of carbonyl (C=O) groups is 1. The Labute approximate surface area is 104 Å². The van der Waals surface area contributed by atoms with Gasteiger partial charge in [-0.25, -0.2) is 4.79 Å². The molecule has 4 heteroatoms. The Morgan fingerprint density at radius 3 is 2.76 bits per heavy atom. The van der Waals surface area contributed by atoms with Crippen molar-refractivity contribution in [2.45, 2.75) is 58.6 Å². The van der Waals surface area contributed by atoms with Crippen molar-refractivity contribution in [3.63, 3.8) is 0 Å². The molecule has 0 bridgehead atoms. The van der Waals surface area contributed by atoms with Crippen molar-refractivity contribution in [1.29, 1.82) is 0 Å². The van der Waals surface area contributed by atoms with E-state index in [0.717, 1.165) is 13.0 Å². The van der Waals surface area contributed by atoms with Crippen molar-refractivity contribution in [3.05, 3.63) is 0 Å². The maximum absolute atomic E-state index is 11.4. The minimum atomic E-state index is -0.416. The van der Waals surface area contributed by atoms with Crippen molar-refractivity contribution in [2.24, 2.45) is 5.92 Å². The number of amides is 1. The van der Waals surface area contributed by atoms with E-state index < -0.39 is 5.60 Å². The van der Waals surface area contributed by atoms with E-state index in [-0.39, 0.29) is 6.09 Å². The van der Waals surface area contributed by atoms with Gasteiger partial charge in [0, 0.05) is 12.6 Å². The summed E-state index contributed by atoms with van der Waals surface area (Å²) in [6.07, 6.45) is 3.20. The topological polar surface area (TPSA) is 50.4 Å². The Bertz CT molecular complexity index is 248. The van der Waals surface area contributed by atoms with Crippen molar-refractivity contribution in [3.8, 4) is 0 Å². The molecule has 0 aromatic heterocycles. The van der Waals surface area contributed by atoms with Crippen LogP contribution in [0.15, 0.2) is 0 Å². The number of piperidine rings is 1. The first-order chi connectivity index (χ1) is 7.88.